The van der Waals surface area contributed by atoms with Crippen LogP contribution >= 0.6 is 0 Å². The molecule has 1 aliphatic rings. The van der Waals surface area contributed by atoms with Gasteiger partial charge >= 0.3 is 0 Å². The van der Waals surface area contributed by atoms with Crippen molar-refractivity contribution in [1.82, 2.24) is 5.32 Å². The highest BCUT2D eigenvalue weighted by molar-refractivity contribution is 5.78. The third-order valence-corrected chi connectivity index (χ3v) is 0.945. The highest BCUT2D eigenvalue weighted by Crippen LogP contribution is 1.94. The van der Waals surface area contributed by atoms with Gasteiger partial charge in [0.05, 0.1) is 0 Å². The average Bonchev–Trinajstić information content (AvgIpc) is 2.13. The lowest BCUT2D eigenvalue weighted by atomic mass is 10.3. The Balaban J connectivity index is 2.78. The van der Waals surface area contributed by atoms with Crippen LogP contribution in [0.3, 0.4) is 0 Å². The van der Waals surface area contributed by atoms with Crippen LogP contribution in [0, 0.1) is 0 Å². The highest BCUT2D eigenvalue weighted by atomic mass is 16.1. The zero-order valence-corrected chi connectivity index (χ0v) is 4.79. The molecule has 0 aromatic carbocycles. The quantitative estimate of drug-likeness (QED) is 0.550. The minimum Gasteiger partial charge on any atom is -0.368 e. The lowest BCUT2D eigenvalue weighted by Crippen LogP contribution is -1.88. The highest BCUT2D eigenvalue weighted by Gasteiger charge is 1.87. The molecule has 0 saturated carbocycles. The summed E-state index contributed by atoms with van der Waals surface area (Å²) in [7, 11) is 0. The zero-order chi connectivity index (χ0) is 6.53. The van der Waals surface area contributed by atoms with Gasteiger partial charge in [0.15, 0.2) is 0 Å². The third kappa shape index (κ3) is 1.57. The first-order valence-electron chi connectivity index (χ1n) is 2.61. The van der Waals surface area contributed by atoms with Crippen LogP contribution in [0.25, 0.3) is 0 Å². The molecule has 9 heavy (non-hydrogen) atoms. The van der Waals surface area contributed by atoms with Gasteiger partial charge in [-0.05, 0) is 18.2 Å². The maximum absolute atomic E-state index is 10.0. The Kier molecular flexibility index (Phi) is 1.85. The molecule has 0 bridgehead atoms. The van der Waals surface area contributed by atoms with Crippen molar-refractivity contribution in [1.29, 1.82) is 0 Å². The van der Waals surface area contributed by atoms with E-state index in [9.17, 15) is 4.79 Å². The van der Waals surface area contributed by atoms with Crippen molar-refractivity contribution in [2.75, 3.05) is 0 Å². The topological polar surface area (TPSA) is 29.1 Å². The molecule has 0 aromatic rings. The first-order chi connectivity index (χ1) is 4.43. The van der Waals surface area contributed by atoms with Gasteiger partial charge in [-0.3, -0.25) is 4.79 Å². The summed E-state index contributed by atoms with van der Waals surface area (Å²) in [6.07, 6.45) is 10.3. The van der Waals surface area contributed by atoms with Crippen LogP contribution in [-0.2, 0) is 4.79 Å². The third-order valence-electron chi connectivity index (χ3n) is 0.945. The number of carbonyl (C=O) groups excluding carboxylic acids is 1. The van der Waals surface area contributed by atoms with Gasteiger partial charge in [-0.25, -0.2) is 0 Å². The summed E-state index contributed by atoms with van der Waals surface area (Å²) in [5.74, 6) is 0. The average molecular weight is 120 g/mol. The van der Waals surface area contributed by atoms with Crippen molar-refractivity contribution in [3.05, 3.63) is 36.2 Å². The van der Waals surface area contributed by atoms with Crippen molar-refractivity contribution in [3.8, 4) is 0 Å². The Hall–Kier alpha value is -1.31. The van der Waals surface area contributed by atoms with Crippen LogP contribution in [-0.4, -0.2) is 6.29 Å². The molecular formula is C7H6NO. The van der Waals surface area contributed by atoms with Gasteiger partial charge in [0.25, 0.3) is 0 Å². The van der Waals surface area contributed by atoms with E-state index >= 15 is 0 Å². The van der Waals surface area contributed by atoms with Crippen molar-refractivity contribution >= 4 is 6.29 Å². The molecule has 2 nitrogen and oxygen atoms in total. The SMILES string of the molecule is O=[C]C1=CC=CNC=C1. The van der Waals surface area contributed by atoms with Gasteiger partial charge < -0.3 is 5.32 Å². The van der Waals surface area contributed by atoms with Crippen LogP contribution in [0.5, 0.6) is 0 Å². The predicted octanol–water partition coefficient (Wildman–Crippen LogP) is 0.653. The molecule has 0 amide bonds. The second kappa shape index (κ2) is 2.87. The van der Waals surface area contributed by atoms with Crippen molar-refractivity contribution < 1.29 is 4.79 Å². The molecular weight excluding hydrogens is 114 g/mol. The maximum Gasteiger partial charge on any atom is 0.233 e. The molecule has 0 fully saturated rings. The maximum atomic E-state index is 10.0. The van der Waals surface area contributed by atoms with Gasteiger partial charge in [-0.1, -0.05) is 0 Å². The standard InChI is InChI=1S/C7H6NO/c9-6-7-2-1-4-8-5-3-7/h1-5,8H. The summed E-state index contributed by atoms with van der Waals surface area (Å²) < 4.78 is 0. The van der Waals surface area contributed by atoms with Gasteiger partial charge in [0.1, 0.15) is 0 Å². The Morgan fingerprint density at radius 2 is 2.33 bits per heavy atom. The van der Waals surface area contributed by atoms with E-state index < -0.39 is 0 Å². The Labute approximate surface area is 53.6 Å². The minimum absolute atomic E-state index is 0.552. The first kappa shape index (κ1) is 5.82. The molecule has 1 radical (unpaired) electrons. The molecule has 45 valence electrons. The lowest BCUT2D eigenvalue weighted by Gasteiger charge is -1.81. The van der Waals surface area contributed by atoms with Crippen molar-refractivity contribution in [2.45, 2.75) is 0 Å². The smallest absolute Gasteiger partial charge is 0.233 e. The zero-order valence-electron chi connectivity index (χ0n) is 4.79. The van der Waals surface area contributed by atoms with E-state index in [2.05, 4.69) is 5.32 Å². The summed E-state index contributed by atoms with van der Waals surface area (Å²) in [4.78, 5) is 10.0. The van der Waals surface area contributed by atoms with Gasteiger partial charge in [-0.15, -0.1) is 0 Å². The number of hydrogen-bond acceptors (Lipinski definition) is 2. The van der Waals surface area contributed by atoms with Crippen LogP contribution in [0.4, 0.5) is 0 Å². The molecule has 1 rings (SSSR count). The number of rotatable bonds is 1. The summed E-state index contributed by atoms with van der Waals surface area (Å²) in [6.45, 7) is 0. The van der Waals surface area contributed by atoms with Gasteiger partial charge in [0, 0.05) is 18.0 Å². The van der Waals surface area contributed by atoms with Crippen LogP contribution in [0.2, 0.25) is 0 Å². The van der Waals surface area contributed by atoms with E-state index in [0.29, 0.717) is 5.57 Å². The fourth-order valence-electron chi connectivity index (χ4n) is 0.524. The monoisotopic (exact) mass is 120 g/mol. The van der Waals surface area contributed by atoms with E-state index in [4.69, 9.17) is 0 Å². The molecule has 1 aliphatic heterocycles. The van der Waals surface area contributed by atoms with E-state index in [0.717, 1.165) is 0 Å². The van der Waals surface area contributed by atoms with Gasteiger partial charge in [-0.2, -0.15) is 0 Å². The Morgan fingerprint density at radius 3 is 3.11 bits per heavy atom. The van der Waals surface area contributed by atoms with Gasteiger partial charge in [0.2, 0.25) is 6.29 Å². The minimum atomic E-state index is 0.552. The molecule has 0 aromatic heterocycles. The number of allylic oxidation sites excluding steroid dienone is 4. The predicted molar refractivity (Wildman–Crippen MR) is 35.2 cm³/mol. The fraction of sp³-hybridized carbons (Fsp3) is 0. The van der Waals surface area contributed by atoms with E-state index in [1.165, 1.54) is 0 Å². The molecule has 0 spiro atoms. The molecule has 0 aliphatic carbocycles. The summed E-state index contributed by atoms with van der Waals surface area (Å²) in [6, 6.07) is 0. The van der Waals surface area contributed by atoms with E-state index in [-0.39, 0.29) is 0 Å². The van der Waals surface area contributed by atoms with Crippen molar-refractivity contribution in [3.63, 3.8) is 0 Å². The number of hydrogen-bond donors (Lipinski definition) is 1. The van der Waals surface area contributed by atoms with Crippen LogP contribution in [0.15, 0.2) is 36.2 Å². The second-order valence-electron chi connectivity index (χ2n) is 1.58. The molecule has 0 atom stereocenters. The first-order valence-corrected chi connectivity index (χ1v) is 2.61. The molecule has 0 unspecified atom stereocenters. The van der Waals surface area contributed by atoms with E-state index in [1.807, 2.05) is 0 Å². The normalized spacial score (nSPS) is 15.8. The summed E-state index contributed by atoms with van der Waals surface area (Å²) >= 11 is 0. The summed E-state index contributed by atoms with van der Waals surface area (Å²) in [5, 5.41) is 2.82. The summed E-state index contributed by atoms with van der Waals surface area (Å²) in [5.41, 5.74) is 0.552. The molecule has 1 N–H and O–H groups in total. The van der Waals surface area contributed by atoms with Crippen LogP contribution < -0.4 is 5.32 Å². The number of nitrogens with one attached hydrogen (secondary N) is 1. The largest absolute Gasteiger partial charge is 0.368 e. The molecule has 0 saturated heterocycles. The van der Waals surface area contributed by atoms with Crippen LogP contribution in [0.1, 0.15) is 0 Å². The second-order valence-corrected chi connectivity index (χ2v) is 1.58. The lowest BCUT2D eigenvalue weighted by molar-refractivity contribution is 0.562. The Morgan fingerprint density at radius 1 is 1.44 bits per heavy atom. The fourth-order valence-corrected chi connectivity index (χ4v) is 0.524. The molecule has 2 heteroatoms. The van der Waals surface area contributed by atoms with Crippen molar-refractivity contribution in [2.24, 2.45) is 0 Å². The molecule has 1 heterocycles. The Bertz CT molecular complexity index is 189. The van der Waals surface area contributed by atoms with E-state index in [1.54, 1.807) is 36.9 Å².